The minimum absolute atomic E-state index is 0.147. The quantitative estimate of drug-likeness (QED) is 0.633. The highest BCUT2D eigenvalue weighted by Gasteiger charge is 2.13. The van der Waals surface area contributed by atoms with Crippen molar-refractivity contribution in [2.75, 3.05) is 6.61 Å². The summed E-state index contributed by atoms with van der Waals surface area (Å²) in [6.45, 7) is 1.20. The third-order valence-corrected chi connectivity index (χ3v) is 2.82. The molecule has 0 radical (unpaired) electrons. The monoisotopic (exact) mass is 319 g/mol. The van der Waals surface area contributed by atoms with Crippen LogP contribution in [0.2, 0.25) is 0 Å². The first-order chi connectivity index (χ1) is 11.0. The van der Waals surface area contributed by atoms with Gasteiger partial charge < -0.3 is 9.15 Å². The van der Waals surface area contributed by atoms with Crippen molar-refractivity contribution in [2.45, 2.75) is 6.92 Å². The number of amides is 2. The Kier molecular flexibility index (Phi) is 4.92. The molecule has 0 spiro atoms. The number of carbonyl (C=O) groups excluding carboxylic acids is 2. The first-order valence-electron chi connectivity index (χ1n) is 6.48. The second-order valence-electron chi connectivity index (χ2n) is 4.44. The summed E-state index contributed by atoms with van der Waals surface area (Å²) in [5, 5.41) is 10.6. The lowest BCUT2D eigenvalue weighted by molar-refractivity contribution is -0.384. The van der Waals surface area contributed by atoms with E-state index in [1.165, 1.54) is 36.6 Å². The molecule has 0 saturated heterocycles. The number of nitrogens with one attached hydrogen (secondary N) is 2. The molecule has 0 bridgehead atoms. The van der Waals surface area contributed by atoms with Gasteiger partial charge in [-0.1, -0.05) is 6.07 Å². The zero-order chi connectivity index (χ0) is 16.8. The fraction of sp³-hybridized carbons (Fsp3) is 0.143. The van der Waals surface area contributed by atoms with Crippen molar-refractivity contribution in [2.24, 2.45) is 0 Å². The summed E-state index contributed by atoms with van der Waals surface area (Å²) in [4.78, 5) is 33.4. The minimum atomic E-state index is -0.619. The van der Waals surface area contributed by atoms with Gasteiger partial charge in [-0.25, -0.2) is 0 Å². The molecule has 120 valence electrons. The number of benzene rings is 1. The van der Waals surface area contributed by atoms with Crippen LogP contribution in [0.4, 0.5) is 5.69 Å². The van der Waals surface area contributed by atoms with Gasteiger partial charge in [0, 0.05) is 6.07 Å². The lowest BCUT2D eigenvalue weighted by Gasteiger charge is -2.08. The molecule has 0 aliphatic carbocycles. The van der Waals surface area contributed by atoms with Gasteiger partial charge in [0.1, 0.15) is 11.5 Å². The molecule has 2 amide bonds. The predicted molar refractivity (Wildman–Crippen MR) is 77.6 cm³/mol. The van der Waals surface area contributed by atoms with Crippen molar-refractivity contribution in [1.29, 1.82) is 0 Å². The number of ether oxygens (including phenoxy) is 1. The van der Waals surface area contributed by atoms with Crippen molar-refractivity contribution < 1.29 is 23.7 Å². The van der Waals surface area contributed by atoms with Crippen LogP contribution in [0.15, 0.2) is 41.0 Å². The third kappa shape index (κ3) is 4.30. The van der Waals surface area contributed by atoms with E-state index in [0.717, 1.165) is 0 Å². The summed E-state index contributed by atoms with van der Waals surface area (Å²) < 4.78 is 10.1. The summed E-state index contributed by atoms with van der Waals surface area (Å²) >= 11 is 0. The van der Waals surface area contributed by atoms with E-state index in [0.29, 0.717) is 11.3 Å². The first kappa shape index (κ1) is 16.0. The molecule has 0 fully saturated rings. The predicted octanol–water partition coefficient (Wildman–Crippen LogP) is 1.34. The van der Waals surface area contributed by atoms with Crippen LogP contribution in [0.25, 0.3) is 0 Å². The summed E-state index contributed by atoms with van der Waals surface area (Å²) in [5.74, 6) is -0.554. The van der Waals surface area contributed by atoms with E-state index in [1.807, 2.05) is 0 Å². The van der Waals surface area contributed by atoms with Crippen LogP contribution >= 0.6 is 0 Å². The highest BCUT2D eigenvalue weighted by atomic mass is 16.6. The normalized spacial score (nSPS) is 9.96. The molecule has 23 heavy (non-hydrogen) atoms. The van der Waals surface area contributed by atoms with Gasteiger partial charge in [0.05, 0.1) is 22.8 Å². The number of hydrazine groups is 1. The Morgan fingerprint density at radius 3 is 2.74 bits per heavy atom. The van der Waals surface area contributed by atoms with Gasteiger partial charge in [-0.05, 0) is 19.1 Å². The molecule has 1 aromatic heterocycles. The molecule has 0 aliphatic rings. The number of nitro groups is 1. The zero-order valence-corrected chi connectivity index (χ0v) is 12.1. The van der Waals surface area contributed by atoms with Crippen LogP contribution in [-0.2, 0) is 4.79 Å². The van der Waals surface area contributed by atoms with Gasteiger partial charge in [0.2, 0.25) is 0 Å². The standard InChI is InChI=1S/C14H13N3O6/c1-9-12(5-6-22-9)14(19)16-15-13(18)8-23-11-4-2-3-10(7-11)17(20)21/h2-7H,8H2,1H3,(H,15,18)(H,16,19). The fourth-order valence-corrected chi connectivity index (χ4v) is 1.69. The van der Waals surface area contributed by atoms with E-state index in [9.17, 15) is 19.7 Å². The molecule has 0 unspecified atom stereocenters. The molecule has 9 heteroatoms. The zero-order valence-electron chi connectivity index (χ0n) is 12.1. The molecule has 0 aliphatic heterocycles. The van der Waals surface area contributed by atoms with E-state index in [2.05, 4.69) is 10.9 Å². The second kappa shape index (κ2) is 7.07. The van der Waals surface area contributed by atoms with Crippen LogP contribution in [0.5, 0.6) is 5.75 Å². The van der Waals surface area contributed by atoms with Crippen molar-refractivity contribution in [3.8, 4) is 5.75 Å². The Bertz CT molecular complexity index is 740. The molecular weight excluding hydrogens is 306 g/mol. The molecule has 2 rings (SSSR count). The fourth-order valence-electron chi connectivity index (χ4n) is 1.69. The summed E-state index contributed by atoms with van der Waals surface area (Å²) in [6, 6.07) is 6.89. The number of non-ortho nitro benzene ring substituents is 1. The molecule has 0 atom stereocenters. The topological polar surface area (TPSA) is 124 Å². The summed E-state index contributed by atoms with van der Waals surface area (Å²) in [5.41, 5.74) is 4.52. The highest BCUT2D eigenvalue weighted by Crippen LogP contribution is 2.18. The number of nitrogens with zero attached hydrogens (tertiary/aromatic N) is 1. The third-order valence-electron chi connectivity index (χ3n) is 2.82. The maximum absolute atomic E-state index is 11.7. The number of nitro benzene ring substituents is 1. The number of hydrogen-bond acceptors (Lipinski definition) is 6. The van der Waals surface area contributed by atoms with Crippen molar-refractivity contribution >= 4 is 17.5 Å². The van der Waals surface area contributed by atoms with E-state index in [-0.39, 0.29) is 11.4 Å². The number of hydrogen-bond donors (Lipinski definition) is 2. The average molecular weight is 319 g/mol. The Morgan fingerprint density at radius 1 is 1.30 bits per heavy atom. The molecular formula is C14H13N3O6. The van der Waals surface area contributed by atoms with Gasteiger partial charge in [-0.15, -0.1) is 0 Å². The Balaban J connectivity index is 1.81. The van der Waals surface area contributed by atoms with E-state index < -0.39 is 23.3 Å². The summed E-state index contributed by atoms with van der Waals surface area (Å²) in [6.07, 6.45) is 1.36. The molecule has 2 aromatic rings. The number of carbonyl (C=O) groups is 2. The number of furan rings is 1. The minimum Gasteiger partial charge on any atom is -0.483 e. The maximum Gasteiger partial charge on any atom is 0.276 e. The molecule has 1 aromatic carbocycles. The lowest BCUT2D eigenvalue weighted by atomic mass is 10.2. The molecule has 2 N–H and O–H groups in total. The van der Waals surface area contributed by atoms with Crippen molar-refractivity contribution in [3.63, 3.8) is 0 Å². The second-order valence-corrected chi connectivity index (χ2v) is 4.44. The van der Waals surface area contributed by atoms with Gasteiger partial charge in [-0.3, -0.25) is 30.6 Å². The van der Waals surface area contributed by atoms with E-state index in [4.69, 9.17) is 9.15 Å². The highest BCUT2D eigenvalue weighted by molar-refractivity contribution is 5.96. The van der Waals surface area contributed by atoms with Gasteiger partial charge >= 0.3 is 0 Å². The molecule has 0 saturated carbocycles. The van der Waals surface area contributed by atoms with Crippen LogP contribution in [0.3, 0.4) is 0 Å². The number of rotatable bonds is 5. The van der Waals surface area contributed by atoms with Crippen LogP contribution < -0.4 is 15.6 Å². The maximum atomic E-state index is 11.7. The molecule has 9 nitrogen and oxygen atoms in total. The summed E-state index contributed by atoms with van der Waals surface area (Å²) in [7, 11) is 0. The van der Waals surface area contributed by atoms with Crippen molar-refractivity contribution in [3.05, 3.63) is 58.0 Å². The Labute approximate surface area is 130 Å². The largest absolute Gasteiger partial charge is 0.483 e. The van der Waals surface area contributed by atoms with Crippen LogP contribution in [-0.4, -0.2) is 23.3 Å². The molecule has 1 heterocycles. The van der Waals surface area contributed by atoms with Gasteiger partial charge in [-0.2, -0.15) is 0 Å². The van der Waals surface area contributed by atoms with E-state index in [1.54, 1.807) is 6.92 Å². The lowest BCUT2D eigenvalue weighted by Crippen LogP contribution is -2.43. The van der Waals surface area contributed by atoms with Crippen molar-refractivity contribution in [1.82, 2.24) is 10.9 Å². The van der Waals surface area contributed by atoms with Crippen LogP contribution in [0.1, 0.15) is 16.1 Å². The smallest absolute Gasteiger partial charge is 0.276 e. The van der Waals surface area contributed by atoms with E-state index >= 15 is 0 Å². The van der Waals surface area contributed by atoms with Gasteiger partial charge in [0.25, 0.3) is 17.5 Å². The average Bonchev–Trinajstić information content (AvgIpc) is 2.97. The Hall–Kier alpha value is -3.36. The SMILES string of the molecule is Cc1occc1C(=O)NNC(=O)COc1cccc([N+](=O)[O-])c1. The first-order valence-corrected chi connectivity index (χ1v) is 6.48. The van der Waals surface area contributed by atoms with Crippen LogP contribution in [0, 0.1) is 17.0 Å². The van der Waals surface area contributed by atoms with Gasteiger partial charge in [0.15, 0.2) is 6.61 Å². The Morgan fingerprint density at radius 2 is 2.09 bits per heavy atom. The number of aryl methyl sites for hydroxylation is 1.